The van der Waals surface area contributed by atoms with E-state index in [1.54, 1.807) is 6.20 Å². The molecular formula is C22H18N2O3S. The molecule has 0 N–H and O–H groups in total. The molecule has 0 aliphatic rings. The molecule has 2 aromatic carbocycles. The summed E-state index contributed by atoms with van der Waals surface area (Å²) in [7, 11) is 0. The van der Waals surface area contributed by atoms with Crippen LogP contribution in [0.3, 0.4) is 0 Å². The molecule has 0 aliphatic heterocycles. The highest BCUT2D eigenvalue weighted by atomic mass is 32.1. The number of fused-ring (bicyclic) bond motifs is 1. The third-order valence-corrected chi connectivity index (χ3v) is 5.30. The SMILES string of the molecule is Cc1cn2c(=O)cc(COC(=O)C(c3ccccc3)c3ccccc3)nc2s1. The van der Waals surface area contributed by atoms with Gasteiger partial charge in [0.15, 0.2) is 4.96 Å². The van der Waals surface area contributed by atoms with Crippen molar-refractivity contribution in [1.82, 2.24) is 9.38 Å². The van der Waals surface area contributed by atoms with Gasteiger partial charge in [0.2, 0.25) is 0 Å². The largest absolute Gasteiger partial charge is 0.458 e. The Kier molecular flexibility index (Phi) is 5.04. The molecule has 0 fully saturated rings. The minimum absolute atomic E-state index is 0.0440. The predicted molar refractivity (Wildman–Crippen MR) is 109 cm³/mol. The van der Waals surface area contributed by atoms with Crippen LogP contribution < -0.4 is 5.56 Å². The first-order valence-corrected chi connectivity index (χ1v) is 9.69. The lowest BCUT2D eigenvalue weighted by Gasteiger charge is -2.17. The van der Waals surface area contributed by atoms with Crippen LogP contribution in [0.2, 0.25) is 0 Å². The van der Waals surface area contributed by atoms with Gasteiger partial charge < -0.3 is 4.74 Å². The number of hydrogen-bond acceptors (Lipinski definition) is 5. The van der Waals surface area contributed by atoms with E-state index in [1.165, 1.54) is 21.8 Å². The first kappa shape index (κ1) is 18.1. The van der Waals surface area contributed by atoms with Crippen molar-refractivity contribution in [1.29, 1.82) is 0 Å². The normalized spacial score (nSPS) is 11.1. The molecule has 0 bridgehead atoms. The molecule has 0 unspecified atom stereocenters. The number of aromatic nitrogens is 2. The number of carbonyl (C=O) groups is 1. The molecule has 0 amide bonds. The number of rotatable bonds is 5. The van der Waals surface area contributed by atoms with E-state index in [-0.39, 0.29) is 18.1 Å². The maximum atomic E-state index is 12.9. The van der Waals surface area contributed by atoms with Gasteiger partial charge in [-0.15, -0.1) is 11.3 Å². The number of nitrogens with zero attached hydrogens (tertiary/aromatic N) is 2. The van der Waals surface area contributed by atoms with Crippen molar-refractivity contribution in [2.75, 3.05) is 0 Å². The van der Waals surface area contributed by atoms with Crippen LogP contribution in [0.4, 0.5) is 0 Å². The quantitative estimate of drug-likeness (QED) is 0.484. The highest BCUT2D eigenvalue weighted by Gasteiger charge is 2.24. The topological polar surface area (TPSA) is 60.7 Å². The summed E-state index contributed by atoms with van der Waals surface area (Å²) in [6.45, 7) is 1.88. The molecule has 4 aromatic rings. The average Bonchev–Trinajstić information content (AvgIpc) is 3.09. The molecule has 6 heteroatoms. The lowest BCUT2D eigenvalue weighted by Crippen LogP contribution is -2.19. The van der Waals surface area contributed by atoms with E-state index in [0.717, 1.165) is 16.0 Å². The Morgan fingerprint density at radius 3 is 2.29 bits per heavy atom. The van der Waals surface area contributed by atoms with Crippen LogP contribution in [0.1, 0.15) is 27.6 Å². The van der Waals surface area contributed by atoms with E-state index in [4.69, 9.17) is 4.74 Å². The fourth-order valence-electron chi connectivity index (χ4n) is 3.12. The minimum atomic E-state index is -0.531. The molecule has 0 spiro atoms. The van der Waals surface area contributed by atoms with Gasteiger partial charge in [-0.2, -0.15) is 0 Å². The highest BCUT2D eigenvalue weighted by Crippen LogP contribution is 2.26. The van der Waals surface area contributed by atoms with Crippen LogP contribution in [0.15, 0.2) is 77.7 Å². The average molecular weight is 390 g/mol. The van der Waals surface area contributed by atoms with E-state index < -0.39 is 5.92 Å². The third-order valence-electron chi connectivity index (χ3n) is 4.40. The second-order valence-corrected chi connectivity index (χ2v) is 7.66. The minimum Gasteiger partial charge on any atom is -0.458 e. The Morgan fingerprint density at radius 2 is 1.68 bits per heavy atom. The zero-order valence-corrected chi connectivity index (χ0v) is 16.1. The fraction of sp³-hybridized carbons (Fsp3) is 0.136. The molecule has 0 radical (unpaired) electrons. The Balaban J connectivity index is 1.59. The molecule has 0 atom stereocenters. The first-order chi connectivity index (χ1) is 13.6. The van der Waals surface area contributed by atoms with Crippen molar-refractivity contribution in [3.8, 4) is 0 Å². The Labute approximate surface area is 165 Å². The number of hydrogen-bond donors (Lipinski definition) is 0. The predicted octanol–water partition coefficient (Wildman–Crippen LogP) is 3.94. The summed E-state index contributed by atoms with van der Waals surface area (Å²) in [4.78, 5) is 31.2. The van der Waals surface area contributed by atoms with E-state index >= 15 is 0 Å². The van der Waals surface area contributed by atoms with E-state index in [1.807, 2.05) is 67.6 Å². The lowest BCUT2D eigenvalue weighted by molar-refractivity contribution is -0.145. The Bertz CT molecular complexity index is 1130. The van der Waals surface area contributed by atoms with Gasteiger partial charge in [-0.3, -0.25) is 14.0 Å². The molecule has 28 heavy (non-hydrogen) atoms. The summed E-state index contributed by atoms with van der Waals surface area (Å²) < 4.78 is 7.07. The monoisotopic (exact) mass is 390 g/mol. The maximum Gasteiger partial charge on any atom is 0.318 e. The Morgan fingerprint density at radius 1 is 1.07 bits per heavy atom. The zero-order chi connectivity index (χ0) is 19.5. The van der Waals surface area contributed by atoms with Crippen LogP contribution in [-0.2, 0) is 16.1 Å². The summed E-state index contributed by atoms with van der Waals surface area (Å²) in [5.74, 6) is -0.905. The third kappa shape index (κ3) is 3.73. The van der Waals surface area contributed by atoms with Crippen molar-refractivity contribution >= 4 is 22.3 Å². The van der Waals surface area contributed by atoms with Crippen LogP contribution in [0.5, 0.6) is 0 Å². The molecule has 4 rings (SSSR count). The second kappa shape index (κ2) is 7.78. The summed E-state index contributed by atoms with van der Waals surface area (Å²) in [6.07, 6.45) is 1.76. The van der Waals surface area contributed by atoms with Crippen molar-refractivity contribution in [3.63, 3.8) is 0 Å². The van der Waals surface area contributed by atoms with Crippen molar-refractivity contribution in [3.05, 3.63) is 105 Å². The summed E-state index contributed by atoms with van der Waals surface area (Å²) >= 11 is 1.43. The van der Waals surface area contributed by atoms with E-state index in [2.05, 4.69) is 4.98 Å². The van der Waals surface area contributed by atoms with Gasteiger partial charge in [-0.25, -0.2) is 4.98 Å². The van der Waals surface area contributed by atoms with Crippen LogP contribution >= 0.6 is 11.3 Å². The second-order valence-electron chi connectivity index (χ2n) is 6.44. The van der Waals surface area contributed by atoms with Gasteiger partial charge in [0, 0.05) is 17.1 Å². The van der Waals surface area contributed by atoms with Crippen LogP contribution in [0.25, 0.3) is 4.96 Å². The zero-order valence-electron chi connectivity index (χ0n) is 15.2. The highest BCUT2D eigenvalue weighted by molar-refractivity contribution is 7.16. The van der Waals surface area contributed by atoms with Crippen molar-refractivity contribution < 1.29 is 9.53 Å². The van der Waals surface area contributed by atoms with Gasteiger partial charge >= 0.3 is 5.97 Å². The number of esters is 1. The molecule has 140 valence electrons. The van der Waals surface area contributed by atoms with Gasteiger partial charge in [0.05, 0.1) is 5.69 Å². The van der Waals surface area contributed by atoms with Gasteiger partial charge in [-0.05, 0) is 18.1 Å². The van der Waals surface area contributed by atoms with E-state index in [9.17, 15) is 9.59 Å². The van der Waals surface area contributed by atoms with E-state index in [0.29, 0.717) is 10.7 Å². The summed E-state index contributed by atoms with van der Waals surface area (Å²) in [6, 6.07) is 20.4. The maximum absolute atomic E-state index is 12.9. The molecule has 2 aromatic heterocycles. The summed E-state index contributed by atoms with van der Waals surface area (Å²) in [5, 5.41) is 0. The van der Waals surface area contributed by atoms with Crippen molar-refractivity contribution in [2.24, 2.45) is 0 Å². The molecular weight excluding hydrogens is 372 g/mol. The number of benzene rings is 2. The number of ether oxygens (including phenoxy) is 1. The fourth-order valence-corrected chi connectivity index (χ4v) is 3.97. The molecule has 5 nitrogen and oxygen atoms in total. The molecule has 0 saturated heterocycles. The van der Waals surface area contributed by atoms with Crippen LogP contribution in [-0.4, -0.2) is 15.4 Å². The standard InChI is InChI=1S/C22H18N2O3S/c1-15-13-24-19(25)12-18(23-22(24)28-15)14-27-21(26)20(16-8-4-2-5-9-16)17-10-6-3-7-11-17/h2-13,20H,14H2,1H3. The number of thiazole rings is 1. The smallest absolute Gasteiger partial charge is 0.318 e. The van der Waals surface area contributed by atoms with Gasteiger partial charge in [0.1, 0.15) is 12.5 Å². The van der Waals surface area contributed by atoms with Gasteiger partial charge in [0.25, 0.3) is 5.56 Å². The van der Waals surface area contributed by atoms with Crippen molar-refractivity contribution in [2.45, 2.75) is 19.4 Å². The summed E-state index contributed by atoms with van der Waals surface area (Å²) in [5.41, 5.74) is 1.98. The molecule has 2 heterocycles. The number of aryl methyl sites for hydroxylation is 1. The molecule has 0 aliphatic carbocycles. The molecule has 0 saturated carbocycles. The number of carbonyl (C=O) groups excluding carboxylic acids is 1. The Hall–Kier alpha value is -3.25. The lowest BCUT2D eigenvalue weighted by atomic mass is 9.91. The van der Waals surface area contributed by atoms with Gasteiger partial charge in [-0.1, -0.05) is 60.7 Å². The van der Waals surface area contributed by atoms with Crippen LogP contribution in [0, 0.1) is 6.92 Å². The first-order valence-electron chi connectivity index (χ1n) is 8.87.